The van der Waals surface area contributed by atoms with Crippen LogP contribution >= 0.6 is 15.6 Å². The molecule has 1 aromatic heterocycles. The fraction of sp³-hybridized carbons (Fsp3) is 0.643. The summed E-state index contributed by atoms with van der Waals surface area (Å²) in [7, 11) is -9.22. The van der Waals surface area contributed by atoms with Crippen LogP contribution in [0.5, 0.6) is 0 Å². The molecule has 0 bridgehead atoms. The Hall–Kier alpha value is -4.01. The van der Waals surface area contributed by atoms with Crippen LogP contribution in [0, 0.1) is 12.8 Å². The molecule has 362 valence electrons. The van der Waals surface area contributed by atoms with E-state index in [1.54, 1.807) is 0 Å². The number of aromatic nitrogens is 2. The molecule has 1 saturated heterocycles. The number of phosphoric acid groups is 2. The van der Waals surface area contributed by atoms with Gasteiger partial charge in [-0.15, -0.1) is 0 Å². The minimum absolute atomic E-state index is 0.00747. The lowest BCUT2D eigenvalue weighted by atomic mass is 9.79. The molecule has 5 rings (SSSR count). The van der Waals surface area contributed by atoms with Gasteiger partial charge in [-0.3, -0.25) is 42.7 Å². The van der Waals surface area contributed by atoms with Gasteiger partial charge in [0.25, 0.3) is 5.56 Å². The predicted octanol–water partition coefficient (Wildman–Crippen LogP) is 4.74. The Morgan fingerprint density at radius 1 is 0.908 bits per heavy atom. The molecule has 0 spiro atoms. The van der Waals surface area contributed by atoms with Gasteiger partial charge in [0.05, 0.1) is 44.7 Å². The molecule has 3 heterocycles. The maximum absolute atomic E-state index is 12.8. The molecule has 0 radical (unpaired) electrons. The molecule has 1 saturated carbocycles. The van der Waals surface area contributed by atoms with E-state index in [9.17, 15) is 43.2 Å². The number of H-pyrrole nitrogens is 1. The zero-order valence-corrected chi connectivity index (χ0v) is 39.0. The maximum atomic E-state index is 12.8. The number of benzene rings is 1. The number of ether oxygens (including phenoxy) is 2. The normalized spacial score (nSPS) is 22.9. The quantitative estimate of drug-likeness (QED) is 0.0553. The molecule has 7 atom stereocenters. The Balaban J connectivity index is 0.965. The first-order valence-electron chi connectivity index (χ1n) is 22.3. The summed E-state index contributed by atoms with van der Waals surface area (Å²) in [6, 6.07) is 7.92. The number of carbonyl (C=O) groups is 2. The molecule has 23 heteroatoms. The van der Waals surface area contributed by atoms with Crippen molar-refractivity contribution < 1.29 is 61.2 Å². The fourth-order valence-corrected chi connectivity index (χ4v) is 9.29. The van der Waals surface area contributed by atoms with Crippen LogP contribution in [0.15, 0.2) is 56.4 Å². The largest absolute Gasteiger partial charge is 0.472 e. The first-order chi connectivity index (χ1) is 31.0. The van der Waals surface area contributed by atoms with Crippen molar-refractivity contribution in [3.8, 4) is 0 Å². The van der Waals surface area contributed by atoms with Crippen molar-refractivity contribution in [2.45, 2.75) is 129 Å². The highest BCUT2D eigenvalue weighted by atomic mass is 31.2. The molecule has 7 N–H and O–H groups in total. The maximum Gasteiger partial charge on any atom is 0.472 e. The van der Waals surface area contributed by atoms with Crippen molar-refractivity contribution >= 4 is 33.4 Å². The van der Waals surface area contributed by atoms with Gasteiger partial charge < -0.3 is 35.0 Å². The Morgan fingerprint density at radius 2 is 1.60 bits per heavy atom. The zero-order chi connectivity index (χ0) is 47.0. The van der Waals surface area contributed by atoms with Gasteiger partial charge in [0.1, 0.15) is 18.4 Å². The van der Waals surface area contributed by atoms with Crippen molar-refractivity contribution in [1.82, 2.24) is 25.6 Å². The Bertz CT molecular complexity index is 2180. The first-order valence-corrected chi connectivity index (χ1v) is 25.3. The third-order valence-electron chi connectivity index (χ3n) is 11.3. The molecule has 1 aliphatic carbocycles. The topological polar surface area (TPSA) is 288 Å². The highest BCUT2D eigenvalue weighted by Crippen LogP contribution is 2.45. The number of unbranched alkanes of at least 4 members (excludes halogenated alkanes) is 4. The number of rotatable bonds is 24. The molecule has 2 amide bonds. The predicted molar refractivity (Wildman–Crippen MR) is 238 cm³/mol. The van der Waals surface area contributed by atoms with E-state index in [1.165, 1.54) is 32.4 Å². The highest BCUT2D eigenvalue weighted by Gasteiger charge is 2.38. The number of fused-ring (bicyclic) bond motifs is 1. The molecular weight excluding hydrogens is 890 g/mol. The summed E-state index contributed by atoms with van der Waals surface area (Å²) in [4.78, 5) is 71.4. The number of alkyl carbamates (subject to hydrolysis) is 1. The average Bonchev–Trinajstić information content (AvgIpc) is 3.62. The van der Waals surface area contributed by atoms with Crippen LogP contribution in [0.4, 0.5) is 4.79 Å². The molecule has 5 unspecified atom stereocenters. The molecule has 2 aliphatic heterocycles. The number of nitrogens with zero attached hydrogens (tertiary/aromatic N) is 2. The second-order valence-corrected chi connectivity index (χ2v) is 19.3. The molecule has 21 nitrogen and oxygen atoms in total. The van der Waals surface area contributed by atoms with Gasteiger partial charge in [0.15, 0.2) is 0 Å². The lowest BCUT2D eigenvalue weighted by molar-refractivity contribution is -0.120. The van der Waals surface area contributed by atoms with E-state index in [4.69, 9.17) is 32.7 Å². The third kappa shape index (κ3) is 16.7. The van der Waals surface area contributed by atoms with Gasteiger partial charge in [0, 0.05) is 49.3 Å². The summed E-state index contributed by atoms with van der Waals surface area (Å²) in [5, 5.41) is 20.6. The number of aryl methyl sites for hydroxylation is 1. The van der Waals surface area contributed by atoms with Gasteiger partial charge in [-0.05, 0) is 62.7 Å². The Morgan fingerprint density at radius 3 is 2.34 bits per heavy atom. The fourth-order valence-electron chi connectivity index (χ4n) is 7.76. The number of phosphoric ester groups is 2. The molecule has 65 heavy (non-hydrogen) atoms. The molecule has 3 aliphatic rings. The van der Waals surface area contributed by atoms with E-state index in [0.29, 0.717) is 25.8 Å². The Labute approximate surface area is 377 Å². The minimum atomic E-state index is -4.65. The standard InChI is InChI=1S/C42H64N6O15P2/c1-4-5-6-7-10-18-43-37(50)23-30-14-16-31(17-15-30)39-33-13-9-8-12-32(24-34(33)29(3)46-47-39)62-42(53)44-19-22-60-64(54,55)58-20-11-21-59-65(56,57)61-27-36-35(49)25-38(63-36)48-26-28(2)40(51)45-41(48)52/h14-17,26,32-33,35-36,38,46,49H,4-13,18-25,27H2,1-3H3,(H,43,50)(H,44,53)(H,54,55)(H,56,57)(H,45,51,52)/t32?,33?,35?,36-,38-/m1/s1. The highest BCUT2D eigenvalue weighted by molar-refractivity contribution is 7.47. The number of hydrogen-bond donors (Lipinski definition) is 7. The summed E-state index contributed by atoms with van der Waals surface area (Å²) in [6.07, 6.45) is 6.54. The average molecular weight is 955 g/mol. The van der Waals surface area contributed by atoms with Crippen molar-refractivity contribution in [3.63, 3.8) is 0 Å². The van der Waals surface area contributed by atoms with Crippen LogP contribution in [0.1, 0.15) is 114 Å². The van der Waals surface area contributed by atoms with Crippen LogP contribution in [0.2, 0.25) is 0 Å². The number of aliphatic hydroxyl groups is 1. The van der Waals surface area contributed by atoms with E-state index in [-0.39, 0.29) is 43.4 Å². The number of carbonyl (C=O) groups excluding carboxylic acids is 2. The van der Waals surface area contributed by atoms with Crippen molar-refractivity contribution in [1.29, 1.82) is 0 Å². The number of nitrogens with one attached hydrogen (secondary N) is 4. The van der Waals surface area contributed by atoms with E-state index in [1.807, 2.05) is 31.2 Å². The number of aliphatic hydroxyl groups excluding tert-OH is 1. The van der Waals surface area contributed by atoms with E-state index >= 15 is 0 Å². The molecule has 2 aromatic rings. The lowest BCUT2D eigenvalue weighted by Crippen LogP contribution is -2.35. The van der Waals surface area contributed by atoms with Gasteiger partial charge in [0.2, 0.25) is 5.91 Å². The van der Waals surface area contributed by atoms with Gasteiger partial charge >= 0.3 is 27.4 Å². The van der Waals surface area contributed by atoms with Crippen LogP contribution in [-0.2, 0) is 47.9 Å². The van der Waals surface area contributed by atoms with Gasteiger partial charge in [-0.2, -0.15) is 5.10 Å². The Kier molecular flexibility index (Phi) is 20.2. The monoisotopic (exact) mass is 954 g/mol. The SMILES string of the molecule is CCCCCCCNC(=O)Cc1ccc(C2=NNC(C)=C3CC(OC(=O)NCCOP(=O)(O)OCCCOP(=O)(O)OC[C@H]4O[C@@H](n5cc(C)c(=O)[nH]c5=O)CC4O)CCCCC23)cc1. The summed E-state index contributed by atoms with van der Waals surface area (Å²) in [6.45, 7) is 4.40. The summed E-state index contributed by atoms with van der Waals surface area (Å²) in [5.41, 5.74) is 6.87. The second-order valence-electron chi connectivity index (χ2n) is 16.4. The molecular formula is C42H64N6O15P2. The van der Waals surface area contributed by atoms with Gasteiger partial charge in [-0.1, -0.05) is 63.3 Å². The minimum Gasteiger partial charge on any atom is -0.446 e. The lowest BCUT2D eigenvalue weighted by Gasteiger charge is -2.33. The van der Waals surface area contributed by atoms with Crippen LogP contribution in [0.3, 0.4) is 0 Å². The third-order valence-corrected chi connectivity index (χ3v) is 13.3. The van der Waals surface area contributed by atoms with Crippen LogP contribution in [0.25, 0.3) is 0 Å². The zero-order valence-electron chi connectivity index (χ0n) is 37.2. The van der Waals surface area contributed by atoms with E-state index in [2.05, 4.69) is 28.0 Å². The smallest absolute Gasteiger partial charge is 0.446 e. The summed E-state index contributed by atoms with van der Waals surface area (Å²) < 4.78 is 56.9. The summed E-state index contributed by atoms with van der Waals surface area (Å²) >= 11 is 0. The first kappa shape index (κ1) is 52.0. The number of aromatic amines is 1. The van der Waals surface area contributed by atoms with Crippen LogP contribution < -0.4 is 27.3 Å². The number of hydrogen-bond acceptors (Lipinski definition) is 15. The molecule has 1 aromatic carbocycles. The number of amides is 2. The van der Waals surface area contributed by atoms with Crippen molar-refractivity contribution in [2.24, 2.45) is 11.0 Å². The van der Waals surface area contributed by atoms with Crippen molar-refractivity contribution in [3.05, 3.63) is 79.3 Å². The van der Waals surface area contributed by atoms with Crippen LogP contribution in [-0.4, -0.2) is 100.0 Å². The van der Waals surface area contributed by atoms with E-state index in [0.717, 1.165) is 64.8 Å². The summed E-state index contributed by atoms with van der Waals surface area (Å²) in [5.74, 6) is 0.0252. The van der Waals surface area contributed by atoms with Gasteiger partial charge in [-0.25, -0.2) is 18.7 Å². The van der Waals surface area contributed by atoms with E-state index < -0.39 is 77.3 Å². The van der Waals surface area contributed by atoms with Crippen molar-refractivity contribution in [2.75, 3.05) is 39.5 Å². The number of hydrazone groups is 1. The number of allylic oxidation sites excluding steroid dienone is 1. The second kappa shape index (κ2) is 25.2. The molecule has 2 fully saturated rings.